The van der Waals surface area contributed by atoms with Gasteiger partial charge in [-0.05, 0) is 19.1 Å². The molecule has 0 atom stereocenters. The van der Waals surface area contributed by atoms with Crippen LogP contribution in [-0.4, -0.2) is 23.8 Å². The maximum Gasteiger partial charge on any atom is 0.417 e. The SMILES string of the molecule is CCOC(=O)Cc1csc(NN=Cc2c(F)cccc2C(F)(F)F)n1. The molecule has 1 heterocycles. The molecule has 5 nitrogen and oxygen atoms in total. The zero-order chi connectivity index (χ0) is 18.4. The fraction of sp³-hybridized carbons (Fsp3) is 0.267. The predicted molar refractivity (Wildman–Crippen MR) is 85.1 cm³/mol. The van der Waals surface area contributed by atoms with Crippen LogP contribution in [0.25, 0.3) is 0 Å². The number of carbonyl (C=O) groups is 1. The highest BCUT2D eigenvalue weighted by atomic mass is 32.1. The number of carbonyl (C=O) groups excluding carboxylic acids is 1. The van der Waals surface area contributed by atoms with E-state index in [1.165, 1.54) is 0 Å². The lowest BCUT2D eigenvalue weighted by molar-refractivity contribution is -0.142. The number of thiazole rings is 1. The number of halogens is 4. The maximum atomic E-state index is 13.6. The van der Waals surface area contributed by atoms with Crippen LogP contribution in [0.5, 0.6) is 0 Å². The number of nitrogens with one attached hydrogen (secondary N) is 1. The Bertz CT molecular complexity index is 774. The summed E-state index contributed by atoms with van der Waals surface area (Å²) in [4.78, 5) is 15.4. The van der Waals surface area contributed by atoms with Gasteiger partial charge >= 0.3 is 12.1 Å². The molecule has 1 aromatic carbocycles. The minimum Gasteiger partial charge on any atom is -0.466 e. The van der Waals surface area contributed by atoms with Gasteiger partial charge in [-0.3, -0.25) is 10.2 Å². The van der Waals surface area contributed by atoms with E-state index in [4.69, 9.17) is 4.74 Å². The molecule has 0 radical (unpaired) electrons. The standard InChI is InChI=1S/C15H13F4N3O2S/c1-2-24-13(23)6-9-8-25-14(21-9)22-20-7-10-11(15(17,18)19)4-3-5-12(10)16/h3-5,7-8H,2,6H2,1H3,(H,21,22). The van der Waals surface area contributed by atoms with Crippen LogP contribution < -0.4 is 5.43 Å². The van der Waals surface area contributed by atoms with Crippen LogP contribution in [0.1, 0.15) is 23.7 Å². The van der Waals surface area contributed by atoms with Crippen molar-refractivity contribution in [2.24, 2.45) is 5.10 Å². The van der Waals surface area contributed by atoms with Crippen LogP contribution in [0, 0.1) is 5.82 Å². The van der Waals surface area contributed by atoms with Crippen molar-refractivity contribution in [3.8, 4) is 0 Å². The number of hydrogen-bond donors (Lipinski definition) is 1. The summed E-state index contributed by atoms with van der Waals surface area (Å²) in [7, 11) is 0. The third kappa shape index (κ3) is 5.24. The van der Waals surface area contributed by atoms with Gasteiger partial charge in [0.15, 0.2) is 0 Å². The molecule has 10 heteroatoms. The van der Waals surface area contributed by atoms with Crippen LogP contribution in [0.4, 0.5) is 22.7 Å². The number of nitrogens with zero attached hydrogens (tertiary/aromatic N) is 2. The van der Waals surface area contributed by atoms with Gasteiger partial charge in [0.2, 0.25) is 5.13 Å². The predicted octanol–water partition coefficient (Wildman–Crippen LogP) is 3.85. The first-order valence-corrected chi connectivity index (χ1v) is 7.94. The highest BCUT2D eigenvalue weighted by molar-refractivity contribution is 7.13. The van der Waals surface area contributed by atoms with E-state index < -0.39 is 29.1 Å². The van der Waals surface area contributed by atoms with Gasteiger partial charge in [0.1, 0.15) is 5.82 Å². The number of esters is 1. The van der Waals surface area contributed by atoms with Crippen LogP contribution in [0.15, 0.2) is 28.7 Å². The second-order valence-corrected chi connectivity index (χ2v) is 5.55. The molecule has 0 aliphatic carbocycles. The molecule has 0 aliphatic heterocycles. The number of benzene rings is 1. The zero-order valence-corrected chi connectivity index (χ0v) is 13.7. The van der Waals surface area contributed by atoms with E-state index in [2.05, 4.69) is 15.5 Å². The second-order valence-electron chi connectivity index (χ2n) is 4.69. The molecule has 0 bridgehead atoms. The van der Waals surface area contributed by atoms with Gasteiger partial charge in [-0.2, -0.15) is 18.3 Å². The van der Waals surface area contributed by atoms with E-state index in [0.29, 0.717) is 5.69 Å². The fourth-order valence-corrected chi connectivity index (χ4v) is 2.53. The summed E-state index contributed by atoms with van der Waals surface area (Å²) < 4.78 is 57.0. The average Bonchev–Trinajstić information content (AvgIpc) is 2.95. The largest absolute Gasteiger partial charge is 0.466 e. The quantitative estimate of drug-likeness (QED) is 0.361. The van der Waals surface area contributed by atoms with Crippen LogP contribution >= 0.6 is 11.3 Å². The molecule has 2 rings (SSSR count). The Morgan fingerprint density at radius 2 is 2.20 bits per heavy atom. The van der Waals surface area contributed by atoms with Gasteiger partial charge in [-0.25, -0.2) is 9.37 Å². The number of rotatable bonds is 6. The van der Waals surface area contributed by atoms with Crippen LogP contribution in [0.2, 0.25) is 0 Å². The number of aromatic nitrogens is 1. The van der Waals surface area contributed by atoms with Crippen molar-refractivity contribution in [1.29, 1.82) is 0 Å². The minimum atomic E-state index is -4.70. The summed E-state index contributed by atoms with van der Waals surface area (Å²) in [5.74, 6) is -1.48. The Kier molecular flexibility index (Phi) is 6.07. The molecule has 0 spiro atoms. The lowest BCUT2D eigenvalue weighted by Crippen LogP contribution is -2.10. The number of ether oxygens (including phenoxy) is 1. The number of hydrogen-bond acceptors (Lipinski definition) is 6. The number of anilines is 1. The minimum absolute atomic E-state index is 0.0265. The van der Waals surface area contributed by atoms with Crippen molar-refractivity contribution in [3.05, 3.63) is 46.2 Å². The van der Waals surface area contributed by atoms with E-state index in [9.17, 15) is 22.4 Å². The number of hydrazone groups is 1. The van der Waals surface area contributed by atoms with Gasteiger partial charge in [-0.1, -0.05) is 6.07 Å². The average molecular weight is 375 g/mol. The van der Waals surface area contributed by atoms with Crippen molar-refractivity contribution < 1.29 is 27.1 Å². The molecule has 0 aliphatic rings. The first-order chi connectivity index (χ1) is 11.8. The highest BCUT2D eigenvalue weighted by Crippen LogP contribution is 2.32. The summed E-state index contributed by atoms with van der Waals surface area (Å²) in [6, 6.07) is 2.66. The molecule has 134 valence electrons. The first-order valence-electron chi connectivity index (χ1n) is 7.06. The smallest absolute Gasteiger partial charge is 0.417 e. The van der Waals surface area contributed by atoms with Gasteiger partial charge in [0.05, 0.1) is 30.5 Å². The molecule has 0 amide bonds. The van der Waals surface area contributed by atoms with Crippen molar-refractivity contribution >= 4 is 28.7 Å². The lowest BCUT2D eigenvalue weighted by Gasteiger charge is -2.10. The monoisotopic (exact) mass is 375 g/mol. The van der Waals surface area contributed by atoms with Gasteiger partial charge in [-0.15, -0.1) is 11.3 Å². The molecular formula is C15H13F4N3O2S. The molecule has 1 N–H and O–H groups in total. The number of alkyl halides is 3. The van der Waals surface area contributed by atoms with Crippen molar-refractivity contribution in [1.82, 2.24) is 4.98 Å². The van der Waals surface area contributed by atoms with Crippen molar-refractivity contribution in [3.63, 3.8) is 0 Å². The van der Waals surface area contributed by atoms with Gasteiger partial charge in [0, 0.05) is 10.9 Å². The van der Waals surface area contributed by atoms with Crippen LogP contribution in [0.3, 0.4) is 0 Å². The lowest BCUT2D eigenvalue weighted by atomic mass is 10.1. The topological polar surface area (TPSA) is 63.6 Å². The maximum absolute atomic E-state index is 13.6. The van der Waals surface area contributed by atoms with E-state index >= 15 is 0 Å². The molecular weight excluding hydrogens is 362 g/mol. The highest BCUT2D eigenvalue weighted by Gasteiger charge is 2.34. The Morgan fingerprint density at radius 3 is 2.88 bits per heavy atom. The molecule has 1 aromatic heterocycles. The van der Waals surface area contributed by atoms with Gasteiger partial charge < -0.3 is 4.74 Å². The molecule has 0 saturated heterocycles. The Balaban J connectivity index is 2.07. The second kappa shape index (κ2) is 8.06. The fourth-order valence-electron chi connectivity index (χ4n) is 1.87. The van der Waals surface area contributed by atoms with E-state index in [-0.39, 0.29) is 18.2 Å². The third-order valence-corrected chi connectivity index (χ3v) is 3.69. The van der Waals surface area contributed by atoms with E-state index in [0.717, 1.165) is 35.8 Å². The molecule has 25 heavy (non-hydrogen) atoms. The third-order valence-electron chi connectivity index (χ3n) is 2.89. The Morgan fingerprint density at radius 1 is 1.44 bits per heavy atom. The summed E-state index contributed by atoms with van der Waals surface area (Å²) in [6.45, 7) is 1.93. The Hall–Kier alpha value is -2.49. The molecule has 0 saturated carbocycles. The van der Waals surface area contributed by atoms with Crippen LogP contribution in [-0.2, 0) is 22.1 Å². The van der Waals surface area contributed by atoms with Crippen molar-refractivity contribution in [2.75, 3.05) is 12.0 Å². The molecule has 0 fully saturated rings. The summed E-state index contributed by atoms with van der Waals surface area (Å²) in [5, 5.41) is 5.43. The van der Waals surface area contributed by atoms with E-state index in [1.54, 1.807) is 12.3 Å². The summed E-state index contributed by atoms with van der Waals surface area (Å²) >= 11 is 1.10. The molecule has 2 aromatic rings. The normalized spacial score (nSPS) is 11.7. The summed E-state index contributed by atoms with van der Waals surface area (Å²) in [6.07, 6.45) is -3.98. The van der Waals surface area contributed by atoms with Gasteiger partial charge in [0.25, 0.3) is 0 Å². The van der Waals surface area contributed by atoms with Crippen molar-refractivity contribution in [2.45, 2.75) is 19.5 Å². The Labute approximate surface area is 144 Å². The molecule has 0 unspecified atom stereocenters. The zero-order valence-electron chi connectivity index (χ0n) is 12.9. The summed E-state index contributed by atoms with van der Waals surface area (Å²) in [5.41, 5.74) is 1.05. The first kappa shape index (κ1) is 18.8. The van der Waals surface area contributed by atoms with E-state index in [1.807, 2.05) is 0 Å².